The van der Waals surface area contributed by atoms with Crippen LogP contribution in [0.3, 0.4) is 0 Å². The molecule has 1 fully saturated rings. The van der Waals surface area contributed by atoms with Crippen molar-refractivity contribution in [3.63, 3.8) is 0 Å². The molecule has 0 radical (unpaired) electrons. The summed E-state index contributed by atoms with van der Waals surface area (Å²) >= 11 is 0. The third-order valence-corrected chi connectivity index (χ3v) is 5.24. The Kier molecular flexibility index (Phi) is 6.81. The molecular formula is C21H33N3O2. The maximum atomic E-state index is 12.7. The second kappa shape index (κ2) is 8.67. The molecule has 144 valence electrons. The van der Waals surface area contributed by atoms with E-state index in [0.29, 0.717) is 29.3 Å². The summed E-state index contributed by atoms with van der Waals surface area (Å²) in [5, 5.41) is 5.91. The molecule has 5 nitrogen and oxygen atoms in total. The summed E-state index contributed by atoms with van der Waals surface area (Å²) in [6.45, 7) is 7.15. The number of likely N-dealkylation sites (N-methyl/N-ethyl adjacent to an activating group) is 1. The molecule has 0 heterocycles. The molecule has 1 aromatic rings. The van der Waals surface area contributed by atoms with Gasteiger partial charge in [0.15, 0.2) is 0 Å². The van der Waals surface area contributed by atoms with E-state index in [1.165, 1.54) is 0 Å². The van der Waals surface area contributed by atoms with Crippen molar-refractivity contribution in [2.24, 2.45) is 17.3 Å². The molecule has 0 spiro atoms. The molecular weight excluding hydrogens is 326 g/mol. The second-order valence-electron chi connectivity index (χ2n) is 8.74. The first-order chi connectivity index (χ1) is 12.2. The Hall–Kier alpha value is -1.88. The van der Waals surface area contributed by atoms with Crippen LogP contribution in [0.2, 0.25) is 0 Å². The standard InChI is InChI=1S/C21H33N3O2/c1-21(2,3)16-12-10-15(11-13-16)20(26)23-18-9-7-6-8-17(18)22-19(25)14-24(4)5/h6-9,15-16H,10-14H2,1-5H3,(H,22,25)(H,23,26). The molecule has 1 aromatic carbocycles. The van der Waals surface area contributed by atoms with E-state index in [1.54, 1.807) is 0 Å². The fraction of sp³-hybridized carbons (Fsp3) is 0.619. The van der Waals surface area contributed by atoms with Gasteiger partial charge in [-0.25, -0.2) is 0 Å². The zero-order chi connectivity index (χ0) is 19.3. The third kappa shape index (κ3) is 5.84. The van der Waals surface area contributed by atoms with Crippen molar-refractivity contribution in [1.29, 1.82) is 0 Å². The topological polar surface area (TPSA) is 61.4 Å². The number of carbonyl (C=O) groups is 2. The largest absolute Gasteiger partial charge is 0.324 e. The molecule has 5 heteroatoms. The highest BCUT2D eigenvalue weighted by atomic mass is 16.2. The van der Waals surface area contributed by atoms with Crippen molar-refractivity contribution >= 4 is 23.2 Å². The van der Waals surface area contributed by atoms with Crippen molar-refractivity contribution < 1.29 is 9.59 Å². The molecule has 0 unspecified atom stereocenters. The molecule has 1 aliphatic rings. The quantitative estimate of drug-likeness (QED) is 0.836. The van der Waals surface area contributed by atoms with E-state index in [9.17, 15) is 9.59 Å². The minimum atomic E-state index is -0.0950. The van der Waals surface area contributed by atoms with Gasteiger partial charge in [-0.2, -0.15) is 0 Å². The van der Waals surface area contributed by atoms with Gasteiger partial charge in [0.2, 0.25) is 11.8 Å². The first-order valence-corrected chi connectivity index (χ1v) is 9.51. The smallest absolute Gasteiger partial charge is 0.238 e. The second-order valence-corrected chi connectivity index (χ2v) is 8.74. The van der Waals surface area contributed by atoms with E-state index in [4.69, 9.17) is 0 Å². The van der Waals surface area contributed by atoms with Gasteiger partial charge in [-0.1, -0.05) is 32.9 Å². The Labute approximate surface area is 157 Å². The van der Waals surface area contributed by atoms with Gasteiger partial charge in [-0.05, 0) is 63.2 Å². The molecule has 0 bridgehead atoms. The average molecular weight is 360 g/mol. The number of para-hydroxylation sites is 2. The van der Waals surface area contributed by atoms with Crippen molar-refractivity contribution in [2.45, 2.75) is 46.5 Å². The number of anilines is 2. The van der Waals surface area contributed by atoms with Crippen molar-refractivity contribution in [3.05, 3.63) is 24.3 Å². The summed E-state index contributed by atoms with van der Waals surface area (Å²) in [7, 11) is 3.70. The number of benzene rings is 1. The maximum absolute atomic E-state index is 12.7. The lowest BCUT2D eigenvalue weighted by molar-refractivity contribution is -0.121. The minimum Gasteiger partial charge on any atom is -0.324 e. The third-order valence-electron chi connectivity index (χ3n) is 5.24. The molecule has 2 amide bonds. The van der Waals surface area contributed by atoms with Gasteiger partial charge < -0.3 is 15.5 Å². The highest BCUT2D eigenvalue weighted by Crippen LogP contribution is 2.40. The van der Waals surface area contributed by atoms with Crippen molar-refractivity contribution in [3.8, 4) is 0 Å². The lowest BCUT2D eigenvalue weighted by Crippen LogP contribution is -2.32. The van der Waals surface area contributed by atoms with Crippen molar-refractivity contribution in [1.82, 2.24) is 4.90 Å². The Morgan fingerprint density at radius 2 is 1.54 bits per heavy atom. The van der Waals surface area contributed by atoms with E-state index < -0.39 is 0 Å². The Morgan fingerprint density at radius 3 is 2.04 bits per heavy atom. The summed E-state index contributed by atoms with van der Waals surface area (Å²) in [6, 6.07) is 7.38. The number of hydrogen-bond donors (Lipinski definition) is 2. The van der Waals surface area contributed by atoms with Crippen LogP contribution in [0.1, 0.15) is 46.5 Å². The number of rotatable bonds is 5. The Balaban J connectivity index is 1.96. The molecule has 0 aliphatic heterocycles. The summed E-state index contributed by atoms with van der Waals surface area (Å²) in [4.78, 5) is 26.5. The van der Waals surface area contributed by atoms with Gasteiger partial charge in [0.05, 0.1) is 17.9 Å². The van der Waals surface area contributed by atoms with Crippen LogP contribution in [0.4, 0.5) is 11.4 Å². The number of amides is 2. The highest BCUT2D eigenvalue weighted by Gasteiger charge is 2.32. The van der Waals surface area contributed by atoms with Crippen LogP contribution in [0.25, 0.3) is 0 Å². The van der Waals surface area contributed by atoms with Crippen LogP contribution in [-0.4, -0.2) is 37.4 Å². The predicted octanol–water partition coefficient (Wildman–Crippen LogP) is 3.98. The van der Waals surface area contributed by atoms with Crippen LogP contribution in [-0.2, 0) is 9.59 Å². The van der Waals surface area contributed by atoms with Crippen LogP contribution >= 0.6 is 0 Å². The van der Waals surface area contributed by atoms with Crippen LogP contribution in [0, 0.1) is 17.3 Å². The Morgan fingerprint density at radius 1 is 1.00 bits per heavy atom. The molecule has 0 aromatic heterocycles. The van der Waals surface area contributed by atoms with Crippen LogP contribution in [0.5, 0.6) is 0 Å². The van der Waals surface area contributed by atoms with Crippen molar-refractivity contribution in [2.75, 3.05) is 31.3 Å². The number of nitrogens with zero attached hydrogens (tertiary/aromatic N) is 1. The van der Waals surface area contributed by atoms with Gasteiger partial charge in [0.1, 0.15) is 0 Å². The van der Waals surface area contributed by atoms with E-state index in [1.807, 2.05) is 43.3 Å². The number of hydrogen-bond acceptors (Lipinski definition) is 3. The first kappa shape index (κ1) is 20.4. The molecule has 2 rings (SSSR count). The van der Waals surface area contributed by atoms with E-state index >= 15 is 0 Å². The molecule has 0 saturated heterocycles. The van der Waals surface area contributed by atoms with E-state index in [2.05, 4.69) is 31.4 Å². The molecule has 1 saturated carbocycles. The minimum absolute atomic E-state index is 0.0548. The van der Waals surface area contributed by atoms with Gasteiger partial charge in [-0.3, -0.25) is 9.59 Å². The summed E-state index contributed by atoms with van der Waals surface area (Å²) < 4.78 is 0. The summed E-state index contributed by atoms with van der Waals surface area (Å²) in [5.41, 5.74) is 1.63. The first-order valence-electron chi connectivity index (χ1n) is 9.51. The van der Waals surface area contributed by atoms with Gasteiger partial charge in [-0.15, -0.1) is 0 Å². The van der Waals surface area contributed by atoms with Gasteiger partial charge >= 0.3 is 0 Å². The van der Waals surface area contributed by atoms with E-state index in [-0.39, 0.29) is 17.7 Å². The normalized spacial score (nSPS) is 20.7. The van der Waals surface area contributed by atoms with Crippen LogP contribution < -0.4 is 10.6 Å². The molecule has 26 heavy (non-hydrogen) atoms. The van der Waals surface area contributed by atoms with Gasteiger partial charge in [0.25, 0.3) is 0 Å². The fourth-order valence-electron chi connectivity index (χ4n) is 3.63. The fourth-order valence-corrected chi connectivity index (χ4v) is 3.63. The molecule has 2 N–H and O–H groups in total. The zero-order valence-corrected chi connectivity index (χ0v) is 16.8. The lowest BCUT2D eigenvalue weighted by atomic mass is 9.69. The predicted molar refractivity (Wildman–Crippen MR) is 107 cm³/mol. The zero-order valence-electron chi connectivity index (χ0n) is 16.8. The summed E-state index contributed by atoms with van der Waals surface area (Å²) in [6.07, 6.45) is 4.07. The van der Waals surface area contributed by atoms with E-state index in [0.717, 1.165) is 25.7 Å². The summed E-state index contributed by atoms with van der Waals surface area (Å²) in [5.74, 6) is 0.706. The highest BCUT2D eigenvalue weighted by molar-refractivity contribution is 6.00. The monoisotopic (exact) mass is 359 g/mol. The lowest BCUT2D eigenvalue weighted by Gasteiger charge is -2.36. The number of nitrogens with one attached hydrogen (secondary N) is 2. The molecule has 1 aliphatic carbocycles. The SMILES string of the molecule is CN(C)CC(=O)Nc1ccccc1NC(=O)C1CCC(C(C)(C)C)CC1. The van der Waals surface area contributed by atoms with Gasteiger partial charge in [0, 0.05) is 5.92 Å². The maximum Gasteiger partial charge on any atom is 0.238 e. The Bertz CT molecular complexity index is 626. The molecule has 0 atom stereocenters. The van der Waals surface area contributed by atoms with Crippen LogP contribution in [0.15, 0.2) is 24.3 Å². The average Bonchev–Trinajstić information content (AvgIpc) is 2.55. The number of carbonyl (C=O) groups excluding carboxylic acids is 2.